The molecule has 2 aromatic rings. The van der Waals surface area contributed by atoms with E-state index in [4.69, 9.17) is 0 Å². The Morgan fingerprint density at radius 1 is 1.16 bits per heavy atom. The minimum absolute atomic E-state index is 0.0830. The van der Waals surface area contributed by atoms with Crippen LogP contribution in [0, 0.1) is 6.92 Å². The van der Waals surface area contributed by atoms with Crippen LogP contribution in [0.25, 0.3) is 0 Å². The van der Waals surface area contributed by atoms with Crippen LogP contribution in [0.5, 0.6) is 0 Å². The van der Waals surface area contributed by atoms with E-state index in [0.29, 0.717) is 5.92 Å². The van der Waals surface area contributed by atoms with Crippen molar-refractivity contribution in [3.05, 3.63) is 48.0 Å². The molecule has 0 bridgehead atoms. The summed E-state index contributed by atoms with van der Waals surface area (Å²) in [5.74, 6) is 1.78. The summed E-state index contributed by atoms with van der Waals surface area (Å²) in [6.45, 7) is 4.78. The van der Waals surface area contributed by atoms with Crippen LogP contribution in [0.2, 0.25) is 0 Å². The highest BCUT2D eigenvalue weighted by atomic mass is 16.2. The number of aryl methyl sites for hydroxylation is 2. The van der Waals surface area contributed by atoms with Gasteiger partial charge in [0, 0.05) is 43.6 Å². The Kier molecular flexibility index (Phi) is 4.57. The van der Waals surface area contributed by atoms with Gasteiger partial charge in [0.2, 0.25) is 5.91 Å². The van der Waals surface area contributed by atoms with Gasteiger partial charge in [-0.1, -0.05) is 17.7 Å². The number of carbonyl (C=O) groups is 1. The van der Waals surface area contributed by atoms with Gasteiger partial charge in [-0.2, -0.15) is 0 Å². The zero-order valence-corrected chi connectivity index (χ0v) is 14.8. The molecule has 4 rings (SSSR count). The van der Waals surface area contributed by atoms with Gasteiger partial charge in [-0.25, -0.2) is 4.98 Å². The summed E-state index contributed by atoms with van der Waals surface area (Å²) in [6.07, 6.45) is 8.24. The number of amides is 1. The summed E-state index contributed by atoms with van der Waals surface area (Å²) >= 11 is 0. The lowest BCUT2D eigenvalue weighted by Crippen LogP contribution is -2.51. The molecule has 1 saturated heterocycles. The molecule has 132 valence electrons. The van der Waals surface area contributed by atoms with Crippen molar-refractivity contribution in [1.29, 1.82) is 0 Å². The Labute approximate surface area is 149 Å². The van der Waals surface area contributed by atoms with Crippen LogP contribution in [0.4, 0.5) is 5.69 Å². The highest BCUT2D eigenvalue weighted by molar-refractivity contribution is 5.97. The molecule has 2 atom stereocenters. The van der Waals surface area contributed by atoms with Crippen molar-refractivity contribution in [1.82, 2.24) is 14.9 Å². The average Bonchev–Trinajstić information content (AvgIpc) is 3.11. The van der Waals surface area contributed by atoms with E-state index in [1.807, 2.05) is 23.2 Å². The molecule has 1 fully saturated rings. The number of nitrogens with zero attached hydrogens (tertiary/aromatic N) is 3. The molecule has 0 saturated carbocycles. The van der Waals surface area contributed by atoms with E-state index in [0.717, 1.165) is 50.4 Å². The molecule has 0 aliphatic carbocycles. The minimum Gasteiger partial charge on any atom is -0.335 e. The fourth-order valence-corrected chi connectivity index (χ4v) is 4.03. The smallest absolute Gasteiger partial charge is 0.244 e. The molecule has 2 aliphatic rings. The van der Waals surface area contributed by atoms with Crippen molar-refractivity contribution in [2.24, 2.45) is 0 Å². The third-order valence-corrected chi connectivity index (χ3v) is 5.46. The van der Waals surface area contributed by atoms with Gasteiger partial charge in [0.15, 0.2) is 0 Å². The van der Waals surface area contributed by atoms with Gasteiger partial charge < -0.3 is 14.8 Å². The SMILES string of the molecule is Cc1ccc(N2CCC[C@@H](NC[C@@H]3CCCn4ccnc43)C2=O)cc1. The predicted octanol–water partition coefficient (Wildman–Crippen LogP) is 2.85. The van der Waals surface area contributed by atoms with Crippen molar-refractivity contribution in [2.75, 3.05) is 18.0 Å². The number of piperidine rings is 1. The molecule has 0 radical (unpaired) electrons. The number of aromatic nitrogens is 2. The first-order valence-electron chi connectivity index (χ1n) is 9.35. The van der Waals surface area contributed by atoms with Crippen molar-refractivity contribution in [3.8, 4) is 0 Å². The second-order valence-electron chi connectivity index (χ2n) is 7.25. The maximum Gasteiger partial charge on any atom is 0.244 e. The van der Waals surface area contributed by atoms with Crippen molar-refractivity contribution < 1.29 is 4.79 Å². The van der Waals surface area contributed by atoms with E-state index in [2.05, 4.69) is 40.1 Å². The quantitative estimate of drug-likeness (QED) is 0.933. The number of hydrogen-bond donors (Lipinski definition) is 1. The molecule has 1 N–H and O–H groups in total. The summed E-state index contributed by atoms with van der Waals surface area (Å²) in [6, 6.07) is 8.16. The number of anilines is 1. The molecule has 0 unspecified atom stereocenters. The molecule has 5 nitrogen and oxygen atoms in total. The molecule has 1 aromatic carbocycles. The van der Waals surface area contributed by atoms with Gasteiger partial charge >= 0.3 is 0 Å². The lowest BCUT2D eigenvalue weighted by molar-refractivity contribution is -0.121. The number of benzene rings is 1. The second-order valence-corrected chi connectivity index (χ2v) is 7.25. The molecule has 3 heterocycles. The Morgan fingerprint density at radius 2 is 1.96 bits per heavy atom. The Bertz CT molecular complexity index is 736. The first-order valence-corrected chi connectivity index (χ1v) is 9.35. The topological polar surface area (TPSA) is 50.2 Å². The molecule has 5 heteroatoms. The number of rotatable bonds is 4. The molecule has 1 aromatic heterocycles. The van der Waals surface area contributed by atoms with Crippen molar-refractivity contribution >= 4 is 11.6 Å². The van der Waals surface area contributed by atoms with Crippen molar-refractivity contribution in [2.45, 2.75) is 51.1 Å². The fraction of sp³-hybridized carbons (Fsp3) is 0.500. The number of fused-ring (bicyclic) bond motifs is 1. The van der Waals surface area contributed by atoms with E-state index in [1.165, 1.54) is 12.0 Å². The monoisotopic (exact) mass is 338 g/mol. The average molecular weight is 338 g/mol. The Hall–Kier alpha value is -2.14. The van der Waals surface area contributed by atoms with Gasteiger partial charge in [0.25, 0.3) is 0 Å². The second kappa shape index (κ2) is 7.00. The van der Waals surface area contributed by atoms with Crippen LogP contribution in [0.3, 0.4) is 0 Å². The number of imidazole rings is 1. The van der Waals surface area contributed by atoms with Crippen LogP contribution in [0.1, 0.15) is 43.0 Å². The van der Waals surface area contributed by atoms with Gasteiger partial charge in [0.1, 0.15) is 5.82 Å². The molecule has 25 heavy (non-hydrogen) atoms. The Morgan fingerprint density at radius 3 is 2.80 bits per heavy atom. The summed E-state index contributed by atoms with van der Waals surface area (Å²) in [5.41, 5.74) is 2.23. The van der Waals surface area contributed by atoms with E-state index in [9.17, 15) is 4.79 Å². The van der Waals surface area contributed by atoms with E-state index in [-0.39, 0.29) is 11.9 Å². The third-order valence-electron chi connectivity index (χ3n) is 5.46. The third kappa shape index (κ3) is 3.33. The maximum atomic E-state index is 12.9. The van der Waals surface area contributed by atoms with E-state index in [1.54, 1.807) is 0 Å². The van der Waals surface area contributed by atoms with Crippen LogP contribution >= 0.6 is 0 Å². The van der Waals surface area contributed by atoms with Crippen LogP contribution in [0.15, 0.2) is 36.7 Å². The lowest BCUT2D eigenvalue weighted by Gasteiger charge is -2.34. The fourth-order valence-electron chi connectivity index (χ4n) is 4.03. The van der Waals surface area contributed by atoms with Gasteiger partial charge in [0.05, 0.1) is 6.04 Å². The van der Waals surface area contributed by atoms with Gasteiger partial charge in [-0.15, -0.1) is 0 Å². The van der Waals surface area contributed by atoms with Crippen LogP contribution < -0.4 is 10.2 Å². The summed E-state index contributed by atoms with van der Waals surface area (Å²) in [5, 5.41) is 3.54. The molecular formula is C20H26N4O. The predicted molar refractivity (Wildman–Crippen MR) is 98.8 cm³/mol. The van der Waals surface area contributed by atoms with Crippen LogP contribution in [-0.4, -0.2) is 34.6 Å². The molecule has 1 amide bonds. The van der Waals surface area contributed by atoms with Crippen molar-refractivity contribution in [3.63, 3.8) is 0 Å². The molecular weight excluding hydrogens is 312 g/mol. The van der Waals surface area contributed by atoms with E-state index < -0.39 is 0 Å². The summed E-state index contributed by atoms with van der Waals surface area (Å²) in [4.78, 5) is 19.4. The summed E-state index contributed by atoms with van der Waals surface area (Å²) < 4.78 is 2.25. The first kappa shape index (κ1) is 16.3. The normalized spacial score (nSPS) is 23.6. The zero-order chi connectivity index (χ0) is 17.2. The molecule has 2 aliphatic heterocycles. The zero-order valence-electron chi connectivity index (χ0n) is 14.8. The summed E-state index contributed by atoms with van der Waals surface area (Å²) in [7, 11) is 0. The number of nitrogens with one attached hydrogen (secondary N) is 1. The first-order chi connectivity index (χ1) is 12.2. The van der Waals surface area contributed by atoms with Gasteiger partial charge in [-0.3, -0.25) is 4.79 Å². The highest BCUT2D eigenvalue weighted by Gasteiger charge is 2.30. The highest BCUT2D eigenvalue weighted by Crippen LogP contribution is 2.26. The van der Waals surface area contributed by atoms with Gasteiger partial charge in [-0.05, 0) is 44.7 Å². The largest absolute Gasteiger partial charge is 0.335 e. The lowest BCUT2D eigenvalue weighted by atomic mass is 9.97. The molecule has 0 spiro atoms. The maximum absolute atomic E-state index is 12.9. The van der Waals surface area contributed by atoms with E-state index >= 15 is 0 Å². The standard InChI is InChI=1S/C20H26N4O/c1-15-6-8-17(9-7-15)24-12-3-5-18(20(24)25)22-14-16-4-2-11-23-13-10-21-19(16)23/h6-10,13,16,18,22H,2-5,11-12,14H2,1H3/t16-,18+/m0/s1. The number of carbonyl (C=O) groups excluding carboxylic acids is 1. The Balaban J connectivity index is 1.41. The number of hydrogen-bond acceptors (Lipinski definition) is 3. The van der Waals surface area contributed by atoms with Crippen LogP contribution in [-0.2, 0) is 11.3 Å². The minimum atomic E-state index is -0.0830.